The lowest BCUT2D eigenvalue weighted by Gasteiger charge is -2.34. The summed E-state index contributed by atoms with van der Waals surface area (Å²) in [5.74, 6) is -0.909. The lowest BCUT2D eigenvalue weighted by atomic mass is 9.91. The highest BCUT2D eigenvalue weighted by Gasteiger charge is 2.35. The molecule has 4 heteroatoms. The van der Waals surface area contributed by atoms with E-state index in [1.54, 1.807) is 0 Å². The Morgan fingerprint density at radius 2 is 1.30 bits per heavy atom. The molecule has 0 aromatic rings. The summed E-state index contributed by atoms with van der Waals surface area (Å²) in [6.07, 6.45) is 12.9. The van der Waals surface area contributed by atoms with Crippen molar-refractivity contribution in [2.24, 2.45) is 0 Å². The molecule has 0 saturated carbocycles. The summed E-state index contributed by atoms with van der Waals surface area (Å²) in [4.78, 5) is 11.0. The van der Waals surface area contributed by atoms with E-state index in [2.05, 4.69) is 6.92 Å². The van der Waals surface area contributed by atoms with Gasteiger partial charge in [0, 0.05) is 0 Å². The second kappa shape index (κ2) is 11.9. The van der Waals surface area contributed by atoms with E-state index in [1.165, 1.54) is 51.4 Å². The second-order valence-electron chi connectivity index (χ2n) is 8.18. The highest BCUT2D eigenvalue weighted by atomic mass is 16.4. The van der Waals surface area contributed by atoms with Crippen LogP contribution in [0.15, 0.2) is 0 Å². The number of likely N-dealkylation sites (N-methyl/N-ethyl adjacent to an activating group) is 1. The topological polar surface area (TPSA) is 57.5 Å². The van der Waals surface area contributed by atoms with Crippen LogP contribution >= 0.6 is 0 Å². The van der Waals surface area contributed by atoms with Crippen molar-refractivity contribution in [3.8, 4) is 0 Å². The minimum atomic E-state index is -1.08. The Bertz CT molecular complexity index is 312. The van der Waals surface area contributed by atoms with E-state index < -0.39 is 11.6 Å². The molecule has 0 bridgehead atoms. The summed E-state index contributed by atoms with van der Waals surface area (Å²) in [5, 5.41) is 19.7. The van der Waals surface area contributed by atoms with Crippen LogP contribution < -0.4 is 0 Å². The molecule has 2 N–H and O–H groups in total. The van der Waals surface area contributed by atoms with Gasteiger partial charge >= 0.3 is 5.97 Å². The number of carboxylic acids is 1. The van der Waals surface area contributed by atoms with Gasteiger partial charge < -0.3 is 14.7 Å². The van der Waals surface area contributed by atoms with Gasteiger partial charge in [-0.2, -0.15) is 0 Å². The van der Waals surface area contributed by atoms with Crippen LogP contribution in [-0.2, 0) is 4.79 Å². The molecule has 1 atom stereocenters. The zero-order valence-corrected chi connectivity index (χ0v) is 15.9. The molecule has 0 rings (SSSR count). The Morgan fingerprint density at radius 3 is 1.70 bits per heavy atom. The Kier molecular flexibility index (Phi) is 11.5. The first-order valence-electron chi connectivity index (χ1n) is 9.43. The molecule has 0 aromatic carbocycles. The van der Waals surface area contributed by atoms with Gasteiger partial charge in [-0.3, -0.25) is 4.79 Å². The average Bonchev–Trinajstić information content (AvgIpc) is 2.37. The zero-order valence-electron chi connectivity index (χ0n) is 15.9. The maximum absolute atomic E-state index is 11.0. The van der Waals surface area contributed by atoms with Crippen LogP contribution in [0.5, 0.6) is 0 Å². The van der Waals surface area contributed by atoms with Gasteiger partial charge in [0.2, 0.25) is 0 Å². The number of carboxylic acid groups (broad SMARTS) is 1. The third-order valence-corrected chi connectivity index (χ3v) is 4.24. The van der Waals surface area contributed by atoms with Crippen molar-refractivity contribution in [2.45, 2.75) is 89.6 Å². The van der Waals surface area contributed by atoms with Crippen LogP contribution in [-0.4, -0.2) is 54.0 Å². The van der Waals surface area contributed by atoms with E-state index in [4.69, 9.17) is 5.11 Å². The molecule has 0 amide bonds. The van der Waals surface area contributed by atoms with Crippen molar-refractivity contribution in [1.29, 1.82) is 0 Å². The quantitative estimate of drug-likeness (QED) is 0.349. The fraction of sp³-hybridized carbons (Fsp3) is 0.947. The maximum Gasteiger partial charge on any atom is 0.306 e. The number of aliphatic hydroxyl groups is 1. The van der Waals surface area contributed by atoms with Crippen LogP contribution in [0.2, 0.25) is 0 Å². The zero-order chi connectivity index (χ0) is 17.8. The number of rotatable bonds is 15. The fourth-order valence-electron chi connectivity index (χ4n) is 3.33. The molecule has 0 fully saturated rings. The van der Waals surface area contributed by atoms with Crippen LogP contribution in [0.4, 0.5) is 0 Å². The number of unbranched alkanes of at least 4 members (excludes halogenated alkanes) is 9. The Balaban J connectivity index is 3.85. The SMILES string of the molecule is CCCCCCCCCCCCC(O)(CC(=O)O)C[N+](C)(C)C. The first-order valence-corrected chi connectivity index (χ1v) is 9.43. The van der Waals surface area contributed by atoms with Crippen molar-refractivity contribution in [3.63, 3.8) is 0 Å². The molecular weight excluding hydrogens is 290 g/mol. The highest BCUT2D eigenvalue weighted by molar-refractivity contribution is 5.68. The van der Waals surface area contributed by atoms with E-state index in [0.29, 0.717) is 17.4 Å². The van der Waals surface area contributed by atoms with Gasteiger partial charge in [0.25, 0.3) is 0 Å². The van der Waals surface area contributed by atoms with Crippen molar-refractivity contribution >= 4 is 5.97 Å². The minimum Gasteiger partial charge on any atom is -0.481 e. The van der Waals surface area contributed by atoms with Crippen LogP contribution in [0, 0.1) is 0 Å². The predicted molar refractivity (Wildman–Crippen MR) is 96.6 cm³/mol. The Labute approximate surface area is 143 Å². The summed E-state index contributed by atoms with van der Waals surface area (Å²) in [6.45, 7) is 2.72. The number of hydrogen-bond donors (Lipinski definition) is 2. The predicted octanol–water partition coefficient (Wildman–Crippen LogP) is 4.21. The number of quaternary nitrogens is 1. The van der Waals surface area contributed by atoms with Crippen molar-refractivity contribution in [1.82, 2.24) is 0 Å². The molecule has 0 aliphatic heterocycles. The molecule has 4 nitrogen and oxygen atoms in total. The second-order valence-corrected chi connectivity index (χ2v) is 8.18. The lowest BCUT2D eigenvalue weighted by molar-refractivity contribution is -0.877. The van der Waals surface area contributed by atoms with Crippen LogP contribution in [0.3, 0.4) is 0 Å². The van der Waals surface area contributed by atoms with E-state index in [0.717, 1.165) is 12.8 Å². The molecule has 0 radical (unpaired) electrons. The molecule has 1 unspecified atom stereocenters. The van der Waals surface area contributed by atoms with Gasteiger partial charge in [-0.1, -0.05) is 71.1 Å². The van der Waals surface area contributed by atoms with Gasteiger partial charge in [-0.05, 0) is 6.42 Å². The van der Waals surface area contributed by atoms with Crippen molar-refractivity contribution in [3.05, 3.63) is 0 Å². The largest absolute Gasteiger partial charge is 0.481 e. The molecule has 0 aliphatic rings. The summed E-state index contributed by atoms with van der Waals surface area (Å²) in [5.41, 5.74) is -1.08. The third-order valence-electron chi connectivity index (χ3n) is 4.24. The van der Waals surface area contributed by atoms with E-state index >= 15 is 0 Å². The minimum absolute atomic E-state index is 0.153. The van der Waals surface area contributed by atoms with Gasteiger partial charge in [0.1, 0.15) is 12.1 Å². The molecule has 0 aliphatic carbocycles. The van der Waals surface area contributed by atoms with E-state index in [-0.39, 0.29) is 6.42 Å². The standard InChI is InChI=1S/C19H39NO3/c1-5-6-7-8-9-10-11-12-13-14-15-19(23,16-18(21)22)17-20(2,3)4/h23H,5-17H2,1-4H3/p+1. The molecular formula is C19H40NO3+. The number of carbonyl (C=O) groups is 1. The molecule has 0 spiro atoms. The van der Waals surface area contributed by atoms with E-state index in [1.807, 2.05) is 21.1 Å². The summed E-state index contributed by atoms with van der Waals surface area (Å²) >= 11 is 0. The molecule has 23 heavy (non-hydrogen) atoms. The van der Waals surface area contributed by atoms with Gasteiger partial charge in [-0.15, -0.1) is 0 Å². The normalized spacial score (nSPS) is 14.7. The number of nitrogens with zero attached hydrogens (tertiary/aromatic N) is 1. The molecule has 138 valence electrons. The first-order chi connectivity index (χ1) is 10.7. The molecule has 0 heterocycles. The number of hydrogen-bond acceptors (Lipinski definition) is 2. The smallest absolute Gasteiger partial charge is 0.306 e. The van der Waals surface area contributed by atoms with Crippen molar-refractivity contribution in [2.75, 3.05) is 27.7 Å². The Morgan fingerprint density at radius 1 is 0.870 bits per heavy atom. The van der Waals surface area contributed by atoms with Crippen molar-refractivity contribution < 1.29 is 19.5 Å². The molecule has 0 aromatic heterocycles. The number of aliphatic carboxylic acids is 1. The van der Waals surface area contributed by atoms with Gasteiger partial charge in [-0.25, -0.2) is 0 Å². The first kappa shape index (κ1) is 22.4. The maximum atomic E-state index is 11.0. The summed E-state index contributed by atoms with van der Waals surface area (Å²) < 4.78 is 0.585. The Hall–Kier alpha value is -0.610. The van der Waals surface area contributed by atoms with Crippen LogP contribution in [0.1, 0.15) is 84.0 Å². The fourth-order valence-corrected chi connectivity index (χ4v) is 3.33. The van der Waals surface area contributed by atoms with Gasteiger partial charge in [0.05, 0.1) is 27.6 Å². The molecule has 0 saturated heterocycles. The third kappa shape index (κ3) is 14.7. The lowest BCUT2D eigenvalue weighted by Crippen LogP contribution is -2.50. The average molecular weight is 331 g/mol. The monoisotopic (exact) mass is 330 g/mol. The highest BCUT2D eigenvalue weighted by Crippen LogP contribution is 2.23. The van der Waals surface area contributed by atoms with Crippen LogP contribution in [0.25, 0.3) is 0 Å². The summed E-state index contributed by atoms with van der Waals surface area (Å²) in [7, 11) is 5.97. The van der Waals surface area contributed by atoms with E-state index in [9.17, 15) is 9.90 Å². The van der Waals surface area contributed by atoms with Gasteiger partial charge in [0.15, 0.2) is 0 Å². The summed E-state index contributed by atoms with van der Waals surface area (Å²) in [6, 6.07) is 0.